The van der Waals surface area contributed by atoms with Crippen molar-refractivity contribution in [3.63, 3.8) is 0 Å². The van der Waals surface area contributed by atoms with Gasteiger partial charge in [-0.25, -0.2) is 9.37 Å². The molecule has 0 saturated heterocycles. The number of aliphatic hydroxyl groups is 1. The Morgan fingerprint density at radius 1 is 1.19 bits per heavy atom. The van der Waals surface area contributed by atoms with Crippen LogP contribution in [0, 0.1) is 12.7 Å². The molecule has 26 heavy (non-hydrogen) atoms. The third-order valence-corrected chi connectivity index (χ3v) is 5.19. The van der Waals surface area contributed by atoms with Gasteiger partial charge in [-0.2, -0.15) is 5.10 Å². The fourth-order valence-corrected chi connectivity index (χ4v) is 3.73. The van der Waals surface area contributed by atoms with Crippen molar-refractivity contribution in [2.45, 2.75) is 44.8 Å². The monoisotopic (exact) mass is 355 g/mol. The molecule has 1 aromatic carbocycles. The minimum Gasteiger partial charge on any atom is -0.393 e. The maximum atomic E-state index is 14.6. The number of nitrogens with one attached hydrogen (secondary N) is 1. The van der Waals surface area contributed by atoms with Crippen LogP contribution in [0.4, 0.5) is 4.39 Å². The van der Waals surface area contributed by atoms with Crippen LogP contribution in [0.3, 0.4) is 0 Å². The van der Waals surface area contributed by atoms with Crippen LogP contribution in [0.1, 0.15) is 36.8 Å². The topological polar surface area (TPSA) is 77.4 Å². The van der Waals surface area contributed by atoms with E-state index in [-0.39, 0.29) is 11.9 Å². The van der Waals surface area contributed by atoms with Gasteiger partial charge < -0.3 is 10.0 Å². The number of nitrogens with zero attached hydrogens (tertiary/aromatic N) is 4. The molecular weight excluding hydrogens is 333 g/mol. The first-order valence-corrected chi connectivity index (χ1v) is 8.96. The van der Waals surface area contributed by atoms with Gasteiger partial charge in [-0.3, -0.25) is 10.1 Å². The predicted molar refractivity (Wildman–Crippen MR) is 98.0 cm³/mol. The Morgan fingerprint density at radius 2 is 2.00 bits per heavy atom. The Labute approximate surface area is 151 Å². The number of aromatic nitrogens is 3. The molecule has 0 unspecified atom stereocenters. The highest BCUT2D eigenvalue weighted by molar-refractivity contribution is 5.79. The lowest BCUT2D eigenvalue weighted by Gasteiger charge is -2.35. The molecule has 1 aliphatic heterocycles. The summed E-state index contributed by atoms with van der Waals surface area (Å²) in [6, 6.07) is 3.68. The molecule has 2 heterocycles. The molecule has 4 rings (SSSR count). The quantitative estimate of drug-likeness (QED) is 0.887. The summed E-state index contributed by atoms with van der Waals surface area (Å²) in [5, 5.41) is 16.3. The maximum Gasteiger partial charge on any atom is 0.183 e. The average Bonchev–Trinajstić information content (AvgIpc) is 3.18. The van der Waals surface area contributed by atoms with Gasteiger partial charge >= 0.3 is 0 Å². The van der Waals surface area contributed by atoms with E-state index >= 15 is 0 Å². The molecule has 0 atom stereocenters. The second-order valence-corrected chi connectivity index (χ2v) is 6.95. The molecule has 136 valence electrons. The third kappa shape index (κ3) is 3.26. The Hall–Kier alpha value is -2.54. The normalized spacial score (nSPS) is 23.2. The Bertz CT molecular complexity index is 838. The van der Waals surface area contributed by atoms with Gasteiger partial charge in [0, 0.05) is 24.0 Å². The molecule has 1 fully saturated rings. The minimum absolute atomic E-state index is 0.173. The van der Waals surface area contributed by atoms with E-state index in [9.17, 15) is 9.50 Å². The molecule has 0 amide bonds. The minimum atomic E-state index is -0.362. The van der Waals surface area contributed by atoms with Gasteiger partial charge in [-0.15, -0.1) is 0 Å². The second kappa shape index (κ2) is 6.99. The number of rotatable bonds is 3. The van der Waals surface area contributed by atoms with Crippen molar-refractivity contribution in [1.82, 2.24) is 20.1 Å². The third-order valence-electron chi connectivity index (χ3n) is 5.19. The SMILES string of the molecule is Cc1cc(-c2nc[nH]n2)c(F)cc1C1=CN(C2CCC(O)CC2)CC=N1. The summed E-state index contributed by atoms with van der Waals surface area (Å²) in [6.45, 7) is 2.69. The lowest BCUT2D eigenvalue weighted by Crippen LogP contribution is -2.37. The number of aryl methyl sites for hydroxylation is 1. The van der Waals surface area contributed by atoms with E-state index in [1.807, 2.05) is 19.3 Å². The predicted octanol–water partition coefficient (Wildman–Crippen LogP) is 2.91. The van der Waals surface area contributed by atoms with Gasteiger partial charge in [0.15, 0.2) is 5.82 Å². The van der Waals surface area contributed by atoms with Gasteiger partial charge in [0.2, 0.25) is 0 Å². The van der Waals surface area contributed by atoms with Crippen LogP contribution >= 0.6 is 0 Å². The Morgan fingerprint density at radius 3 is 2.73 bits per heavy atom. The smallest absolute Gasteiger partial charge is 0.183 e. The van der Waals surface area contributed by atoms with Crippen molar-refractivity contribution >= 4 is 11.9 Å². The summed E-state index contributed by atoms with van der Waals surface area (Å²) in [7, 11) is 0. The van der Waals surface area contributed by atoms with Crippen molar-refractivity contribution in [3.05, 3.63) is 41.6 Å². The summed E-state index contributed by atoms with van der Waals surface area (Å²) in [6.07, 6.45) is 8.77. The van der Waals surface area contributed by atoms with Crippen LogP contribution in [0.25, 0.3) is 17.1 Å². The van der Waals surface area contributed by atoms with Crippen molar-refractivity contribution < 1.29 is 9.50 Å². The van der Waals surface area contributed by atoms with E-state index < -0.39 is 0 Å². The molecule has 2 N–H and O–H groups in total. The van der Waals surface area contributed by atoms with Crippen molar-refractivity contribution in [1.29, 1.82) is 0 Å². The van der Waals surface area contributed by atoms with E-state index in [4.69, 9.17) is 0 Å². The number of aliphatic hydroxyl groups excluding tert-OH is 1. The molecule has 0 radical (unpaired) electrons. The van der Waals surface area contributed by atoms with E-state index in [1.165, 1.54) is 12.4 Å². The number of benzene rings is 1. The van der Waals surface area contributed by atoms with Gasteiger partial charge in [0.05, 0.1) is 23.9 Å². The molecule has 1 aliphatic carbocycles. The molecule has 6 nitrogen and oxygen atoms in total. The van der Waals surface area contributed by atoms with E-state index in [0.29, 0.717) is 17.4 Å². The van der Waals surface area contributed by atoms with Crippen LogP contribution in [0.15, 0.2) is 29.7 Å². The molecule has 2 aliphatic rings. The molecule has 7 heteroatoms. The van der Waals surface area contributed by atoms with Gasteiger partial charge in [-0.05, 0) is 50.3 Å². The largest absolute Gasteiger partial charge is 0.393 e. The summed E-state index contributed by atoms with van der Waals surface area (Å²) in [4.78, 5) is 10.8. The molecule has 2 aromatic rings. The fourth-order valence-electron chi connectivity index (χ4n) is 3.73. The fraction of sp³-hybridized carbons (Fsp3) is 0.421. The Kier molecular flexibility index (Phi) is 4.55. The van der Waals surface area contributed by atoms with Crippen LogP contribution < -0.4 is 0 Å². The summed E-state index contributed by atoms with van der Waals surface area (Å²) < 4.78 is 14.6. The van der Waals surface area contributed by atoms with Crippen LogP contribution in [0.5, 0.6) is 0 Å². The number of halogens is 1. The molecule has 1 aromatic heterocycles. The lowest BCUT2D eigenvalue weighted by molar-refractivity contribution is 0.0952. The van der Waals surface area contributed by atoms with E-state index in [1.54, 1.807) is 6.07 Å². The number of aliphatic imine (C=N–C) groups is 1. The number of hydrogen-bond donors (Lipinski definition) is 2. The van der Waals surface area contributed by atoms with Gasteiger partial charge in [-0.1, -0.05) is 0 Å². The zero-order valence-corrected chi connectivity index (χ0v) is 14.7. The second-order valence-electron chi connectivity index (χ2n) is 6.95. The highest BCUT2D eigenvalue weighted by Gasteiger charge is 2.25. The van der Waals surface area contributed by atoms with Crippen molar-refractivity contribution in [2.24, 2.45) is 4.99 Å². The van der Waals surface area contributed by atoms with Crippen molar-refractivity contribution in [3.8, 4) is 11.4 Å². The summed E-state index contributed by atoms with van der Waals surface area (Å²) in [5.74, 6) is -0.0140. The zero-order chi connectivity index (χ0) is 18.1. The van der Waals surface area contributed by atoms with Crippen LogP contribution in [0.2, 0.25) is 0 Å². The average molecular weight is 355 g/mol. The highest BCUT2D eigenvalue weighted by Crippen LogP contribution is 2.31. The maximum absolute atomic E-state index is 14.6. The number of hydrogen-bond acceptors (Lipinski definition) is 5. The molecule has 0 spiro atoms. The van der Waals surface area contributed by atoms with E-state index in [0.717, 1.165) is 49.1 Å². The first-order valence-electron chi connectivity index (χ1n) is 8.96. The van der Waals surface area contributed by atoms with Crippen LogP contribution in [-0.2, 0) is 0 Å². The highest BCUT2D eigenvalue weighted by atomic mass is 19.1. The molecule has 1 saturated carbocycles. The molecular formula is C19H22FN5O. The number of aromatic amines is 1. The Balaban J connectivity index is 1.62. The van der Waals surface area contributed by atoms with Crippen molar-refractivity contribution in [2.75, 3.05) is 6.54 Å². The van der Waals surface area contributed by atoms with Gasteiger partial charge in [0.25, 0.3) is 0 Å². The zero-order valence-electron chi connectivity index (χ0n) is 14.7. The first-order chi connectivity index (χ1) is 12.6. The van der Waals surface area contributed by atoms with Gasteiger partial charge in [0.1, 0.15) is 12.1 Å². The summed E-state index contributed by atoms with van der Waals surface area (Å²) >= 11 is 0. The number of H-pyrrole nitrogens is 1. The van der Waals surface area contributed by atoms with Crippen LogP contribution in [-0.4, -0.2) is 50.1 Å². The standard InChI is InChI=1S/C19H22FN5O/c1-12-8-16(19-22-11-23-24-19)17(20)9-15(12)18-10-25(7-6-21-18)13-2-4-14(26)5-3-13/h6,8-11,13-14,26H,2-5,7H2,1H3,(H,22,23,24). The first kappa shape index (κ1) is 16.9. The lowest BCUT2D eigenvalue weighted by atomic mass is 9.92. The molecule has 0 bridgehead atoms. The summed E-state index contributed by atoms with van der Waals surface area (Å²) in [5.41, 5.74) is 2.85. The van der Waals surface area contributed by atoms with E-state index in [2.05, 4.69) is 25.1 Å².